The Kier molecular flexibility index (Phi) is 4.09. The molecule has 0 atom stereocenters. The van der Waals surface area contributed by atoms with Crippen LogP contribution in [0.5, 0.6) is 0 Å². The Hall–Kier alpha value is -1.87. The highest BCUT2D eigenvalue weighted by atomic mass is 35.5. The predicted octanol–water partition coefficient (Wildman–Crippen LogP) is 2.81. The number of alkyl halides is 4. The van der Waals surface area contributed by atoms with E-state index >= 15 is 0 Å². The summed E-state index contributed by atoms with van der Waals surface area (Å²) in [5, 5.41) is 8.73. The number of benzene rings is 1. The quantitative estimate of drug-likeness (QED) is 0.484. The van der Waals surface area contributed by atoms with Gasteiger partial charge < -0.3 is 0 Å². The lowest BCUT2D eigenvalue weighted by molar-refractivity contribution is -0.137. The molecule has 3 nitrogen and oxygen atoms in total. The first-order valence-corrected chi connectivity index (χ1v) is 5.08. The zero-order chi connectivity index (χ0) is 13.9. The Morgan fingerprint density at radius 1 is 1.44 bits per heavy atom. The van der Waals surface area contributed by atoms with E-state index in [9.17, 15) is 22.8 Å². The molecule has 0 amide bonds. The smallest absolute Gasteiger partial charge is 0.298 e. The highest BCUT2D eigenvalue weighted by molar-refractivity contribution is 6.30. The topological polar surface area (TPSA) is 57.9 Å². The molecular formula is C11H5ClF3NO2. The second-order valence-corrected chi connectivity index (χ2v) is 3.54. The maximum atomic E-state index is 12.6. The second kappa shape index (κ2) is 5.19. The van der Waals surface area contributed by atoms with Crippen LogP contribution >= 0.6 is 11.6 Å². The van der Waals surface area contributed by atoms with Crippen molar-refractivity contribution >= 4 is 23.7 Å². The van der Waals surface area contributed by atoms with Crippen LogP contribution in [0, 0.1) is 11.3 Å². The van der Waals surface area contributed by atoms with E-state index in [2.05, 4.69) is 0 Å². The molecule has 0 aliphatic rings. The van der Waals surface area contributed by atoms with Crippen molar-refractivity contribution in [3.63, 3.8) is 0 Å². The summed E-state index contributed by atoms with van der Waals surface area (Å²) in [7, 11) is 0. The molecule has 0 saturated heterocycles. The average molecular weight is 276 g/mol. The maximum Gasteiger partial charge on any atom is 0.417 e. The Bertz CT molecular complexity index is 546. The summed E-state index contributed by atoms with van der Waals surface area (Å²) in [4.78, 5) is 21.9. The lowest BCUT2D eigenvalue weighted by atomic mass is 9.97. The summed E-state index contributed by atoms with van der Waals surface area (Å²) in [6.45, 7) is 0. The van der Waals surface area contributed by atoms with Gasteiger partial charge in [0.05, 0.1) is 23.1 Å². The minimum Gasteiger partial charge on any atom is -0.298 e. The van der Waals surface area contributed by atoms with Gasteiger partial charge in [-0.05, 0) is 12.1 Å². The average Bonchev–Trinajstić information content (AvgIpc) is 2.34. The van der Waals surface area contributed by atoms with Crippen molar-refractivity contribution in [2.24, 2.45) is 0 Å². The van der Waals surface area contributed by atoms with Gasteiger partial charge in [-0.2, -0.15) is 18.4 Å². The van der Waals surface area contributed by atoms with E-state index in [0.717, 1.165) is 6.07 Å². The number of halogens is 4. The third kappa shape index (κ3) is 2.68. The van der Waals surface area contributed by atoms with Gasteiger partial charge in [-0.25, -0.2) is 0 Å². The molecule has 0 fully saturated rings. The third-order valence-electron chi connectivity index (χ3n) is 2.16. The number of aldehydes is 1. The van der Waals surface area contributed by atoms with Crippen LogP contribution in [-0.2, 0) is 6.18 Å². The highest BCUT2D eigenvalue weighted by Gasteiger charge is 2.34. The van der Waals surface area contributed by atoms with E-state index in [-0.39, 0.29) is 11.8 Å². The molecular weight excluding hydrogens is 271 g/mol. The molecule has 0 saturated carbocycles. The molecule has 0 bridgehead atoms. The number of hydrogen-bond donors (Lipinski definition) is 0. The van der Waals surface area contributed by atoms with Crippen LogP contribution in [0.2, 0.25) is 0 Å². The van der Waals surface area contributed by atoms with Crippen LogP contribution < -0.4 is 0 Å². The molecule has 0 aliphatic carbocycles. The number of carbonyl (C=O) groups excluding carboxylic acids is 2. The highest BCUT2D eigenvalue weighted by Crippen LogP contribution is 2.33. The molecule has 0 radical (unpaired) electrons. The van der Waals surface area contributed by atoms with Crippen molar-refractivity contribution in [2.45, 2.75) is 6.18 Å². The summed E-state index contributed by atoms with van der Waals surface area (Å²) >= 11 is 5.25. The molecule has 0 spiro atoms. The number of Topliss-reactive ketones (excluding diaryl/α,β-unsaturated/α-hetero) is 1. The first kappa shape index (κ1) is 14.2. The molecule has 1 aromatic carbocycles. The molecule has 1 aromatic rings. The SMILES string of the molecule is N#Cc1cc(C=O)c(C(F)(F)F)cc1C(=O)CCl. The van der Waals surface area contributed by atoms with E-state index in [1.807, 2.05) is 0 Å². The zero-order valence-electron chi connectivity index (χ0n) is 8.71. The lowest BCUT2D eigenvalue weighted by Crippen LogP contribution is -2.13. The van der Waals surface area contributed by atoms with Gasteiger partial charge in [0.1, 0.15) is 0 Å². The Morgan fingerprint density at radius 2 is 2.06 bits per heavy atom. The fourth-order valence-electron chi connectivity index (χ4n) is 1.35. The molecule has 1 rings (SSSR count). The van der Waals surface area contributed by atoms with Gasteiger partial charge in [-0.3, -0.25) is 9.59 Å². The van der Waals surface area contributed by atoms with Gasteiger partial charge >= 0.3 is 6.18 Å². The number of nitrogens with zero attached hydrogens (tertiary/aromatic N) is 1. The van der Waals surface area contributed by atoms with Crippen molar-refractivity contribution in [3.8, 4) is 6.07 Å². The number of ketones is 1. The Morgan fingerprint density at radius 3 is 2.44 bits per heavy atom. The standard InChI is InChI=1S/C11H5ClF3NO2/c12-3-10(18)8-2-9(11(13,14)15)7(5-17)1-6(8)4-16/h1-2,5H,3H2. The molecule has 0 N–H and O–H groups in total. The number of rotatable bonds is 3. The number of hydrogen-bond acceptors (Lipinski definition) is 3. The van der Waals surface area contributed by atoms with E-state index in [1.165, 1.54) is 0 Å². The van der Waals surface area contributed by atoms with Gasteiger partial charge in [0, 0.05) is 11.1 Å². The summed E-state index contributed by atoms with van der Waals surface area (Å²) in [6.07, 6.45) is -4.80. The van der Waals surface area contributed by atoms with Crippen LogP contribution in [0.25, 0.3) is 0 Å². The van der Waals surface area contributed by atoms with Crippen LogP contribution in [-0.4, -0.2) is 17.9 Å². The molecule has 94 valence electrons. The van der Waals surface area contributed by atoms with Crippen molar-refractivity contribution in [3.05, 3.63) is 34.4 Å². The third-order valence-corrected chi connectivity index (χ3v) is 2.41. The molecule has 0 aromatic heterocycles. The zero-order valence-corrected chi connectivity index (χ0v) is 9.47. The summed E-state index contributed by atoms with van der Waals surface area (Å²) in [5.41, 5.74) is -2.70. The van der Waals surface area contributed by atoms with Gasteiger partial charge in [-0.1, -0.05) is 0 Å². The van der Waals surface area contributed by atoms with Crippen LogP contribution in [0.3, 0.4) is 0 Å². The molecule has 7 heteroatoms. The lowest BCUT2D eigenvalue weighted by Gasteiger charge is -2.11. The first-order valence-electron chi connectivity index (χ1n) is 4.54. The molecule has 18 heavy (non-hydrogen) atoms. The van der Waals surface area contributed by atoms with Crippen molar-refractivity contribution in [2.75, 3.05) is 5.88 Å². The van der Waals surface area contributed by atoms with E-state index in [0.29, 0.717) is 6.07 Å². The fraction of sp³-hybridized carbons (Fsp3) is 0.182. The molecule has 0 unspecified atom stereocenters. The number of carbonyl (C=O) groups is 2. The predicted molar refractivity (Wildman–Crippen MR) is 56.6 cm³/mol. The van der Waals surface area contributed by atoms with Crippen LogP contribution in [0.15, 0.2) is 12.1 Å². The minimum atomic E-state index is -4.79. The molecule has 0 heterocycles. The first-order chi connectivity index (χ1) is 8.35. The van der Waals surface area contributed by atoms with Crippen molar-refractivity contribution < 1.29 is 22.8 Å². The normalized spacial score (nSPS) is 10.8. The van der Waals surface area contributed by atoms with Crippen LogP contribution in [0.1, 0.15) is 31.8 Å². The summed E-state index contributed by atoms with van der Waals surface area (Å²) in [5.74, 6) is -1.36. The minimum absolute atomic E-state index is 0.0153. The van der Waals surface area contributed by atoms with Crippen LogP contribution in [0.4, 0.5) is 13.2 Å². The van der Waals surface area contributed by atoms with Gasteiger partial charge in [0.15, 0.2) is 12.1 Å². The fourth-order valence-corrected chi connectivity index (χ4v) is 1.50. The van der Waals surface area contributed by atoms with Gasteiger partial charge in [0.2, 0.25) is 0 Å². The second-order valence-electron chi connectivity index (χ2n) is 3.27. The van der Waals surface area contributed by atoms with Crippen molar-refractivity contribution in [1.29, 1.82) is 5.26 Å². The van der Waals surface area contributed by atoms with E-state index in [1.54, 1.807) is 6.07 Å². The van der Waals surface area contributed by atoms with E-state index < -0.39 is 34.5 Å². The van der Waals surface area contributed by atoms with Crippen molar-refractivity contribution in [1.82, 2.24) is 0 Å². The van der Waals surface area contributed by atoms with Gasteiger partial charge in [-0.15, -0.1) is 11.6 Å². The largest absolute Gasteiger partial charge is 0.417 e. The summed E-state index contributed by atoms with van der Waals surface area (Å²) in [6, 6.07) is 2.77. The molecule has 0 aliphatic heterocycles. The monoisotopic (exact) mass is 275 g/mol. The Labute approximate surface area is 105 Å². The number of nitriles is 1. The van der Waals surface area contributed by atoms with E-state index in [4.69, 9.17) is 16.9 Å². The van der Waals surface area contributed by atoms with Gasteiger partial charge in [0.25, 0.3) is 0 Å². The summed E-state index contributed by atoms with van der Waals surface area (Å²) < 4.78 is 37.9. The Balaban J connectivity index is 3.60. The maximum absolute atomic E-state index is 12.6.